The normalized spacial score (nSPS) is 12.4. The number of hydrogen-bond acceptors (Lipinski definition) is 1. The smallest absolute Gasteiger partial charge is 0.142 e. The van der Waals surface area contributed by atoms with Crippen molar-refractivity contribution in [2.45, 2.75) is 19.4 Å². The fraction of sp³-hybridized carbons (Fsp3) is 0.250. The zero-order chi connectivity index (χ0) is 15.4. The lowest BCUT2D eigenvalue weighted by Crippen LogP contribution is -2.24. The third-order valence-corrected chi connectivity index (χ3v) is 4.10. The van der Waals surface area contributed by atoms with Gasteiger partial charge in [0.2, 0.25) is 0 Å². The predicted molar refractivity (Wildman–Crippen MR) is 85.6 cm³/mol. The van der Waals surface area contributed by atoms with Gasteiger partial charge in [0.15, 0.2) is 0 Å². The Morgan fingerprint density at radius 2 is 1.95 bits per heavy atom. The first-order valence-corrected chi connectivity index (χ1v) is 7.84. The van der Waals surface area contributed by atoms with Crippen molar-refractivity contribution in [1.29, 1.82) is 0 Å². The van der Waals surface area contributed by atoms with Gasteiger partial charge >= 0.3 is 0 Å². The van der Waals surface area contributed by atoms with E-state index in [9.17, 15) is 8.78 Å². The summed E-state index contributed by atoms with van der Waals surface area (Å²) in [5, 5.41) is 3.54. The second-order valence-electron chi connectivity index (χ2n) is 4.70. The third kappa shape index (κ3) is 3.82. The molecule has 0 aliphatic heterocycles. The largest absolute Gasteiger partial charge is 0.306 e. The second kappa shape index (κ2) is 7.34. The first-order chi connectivity index (χ1) is 10.0. The standard InChI is InChI=1S/C16H15BrClF2N/c1-2-8-21-16(11-7-6-10(19)9-14(11)18)12-4-3-5-13(17)15(12)20/h3-7,9,16,21H,2,8H2,1H3. The Kier molecular flexibility index (Phi) is 5.73. The molecule has 2 aromatic rings. The molecule has 0 heterocycles. The first kappa shape index (κ1) is 16.4. The van der Waals surface area contributed by atoms with Crippen molar-refractivity contribution in [1.82, 2.24) is 5.32 Å². The molecule has 0 radical (unpaired) electrons. The van der Waals surface area contributed by atoms with Crippen LogP contribution in [0.1, 0.15) is 30.5 Å². The molecule has 0 fully saturated rings. The Labute approximate surface area is 136 Å². The summed E-state index contributed by atoms with van der Waals surface area (Å²) >= 11 is 9.32. The maximum atomic E-state index is 14.4. The third-order valence-electron chi connectivity index (χ3n) is 3.16. The molecule has 0 bridgehead atoms. The Bertz CT molecular complexity index is 634. The summed E-state index contributed by atoms with van der Waals surface area (Å²) in [5.74, 6) is -0.751. The van der Waals surface area contributed by atoms with Gasteiger partial charge in [0.05, 0.1) is 10.5 Å². The van der Waals surface area contributed by atoms with Crippen molar-refractivity contribution in [3.8, 4) is 0 Å². The molecule has 0 spiro atoms. The summed E-state index contributed by atoms with van der Waals surface area (Å²) in [6.45, 7) is 2.72. The predicted octanol–water partition coefficient (Wildman–Crippen LogP) is 5.47. The van der Waals surface area contributed by atoms with Gasteiger partial charge in [0.25, 0.3) is 0 Å². The Balaban J connectivity index is 2.49. The second-order valence-corrected chi connectivity index (χ2v) is 5.96. The van der Waals surface area contributed by atoms with Gasteiger partial charge in [-0.1, -0.05) is 36.7 Å². The molecule has 0 aliphatic rings. The van der Waals surface area contributed by atoms with Gasteiger partial charge in [-0.25, -0.2) is 8.78 Å². The van der Waals surface area contributed by atoms with Crippen LogP contribution in [0.4, 0.5) is 8.78 Å². The molecule has 1 atom stereocenters. The Morgan fingerprint density at radius 3 is 2.62 bits per heavy atom. The highest BCUT2D eigenvalue weighted by molar-refractivity contribution is 9.10. The summed E-state index contributed by atoms with van der Waals surface area (Å²) < 4.78 is 28.0. The quantitative estimate of drug-likeness (QED) is 0.732. The van der Waals surface area contributed by atoms with Gasteiger partial charge in [0, 0.05) is 10.6 Å². The molecule has 2 rings (SSSR count). The zero-order valence-electron chi connectivity index (χ0n) is 11.5. The number of benzene rings is 2. The van der Waals surface area contributed by atoms with E-state index < -0.39 is 11.9 Å². The van der Waals surface area contributed by atoms with Crippen LogP contribution in [0.3, 0.4) is 0 Å². The molecule has 112 valence electrons. The van der Waals surface area contributed by atoms with Crippen molar-refractivity contribution in [3.05, 3.63) is 68.7 Å². The van der Waals surface area contributed by atoms with Crippen LogP contribution in [0.15, 0.2) is 40.9 Å². The van der Waals surface area contributed by atoms with E-state index in [4.69, 9.17) is 11.6 Å². The van der Waals surface area contributed by atoms with Gasteiger partial charge in [0.1, 0.15) is 11.6 Å². The van der Waals surface area contributed by atoms with Crippen molar-refractivity contribution in [3.63, 3.8) is 0 Å². The Morgan fingerprint density at radius 1 is 1.19 bits per heavy atom. The highest BCUT2D eigenvalue weighted by Crippen LogP contribution is 2.32. The van der Waals surface area contributed by atoms with Crippen molar-refractivity contribution < 1.29 is 8.78 Å². The molecule has 0 aliphatic carbocycles. The fourth-order valence-electron chi connectivity index (χ4n) is 2.16. The molecule has 0 amide bonds. The van der Waals surface area contributed by atoms with E-state index in [1.165, 1.54) is 12.1 Å². The van der Waals surface area contributed by atoms with Crippen molar-refractivity contribution in [2.75, 3.05) is 6.54 Å². The highest BCUT2D eigenvalue weighted by atomic mass is 79.9. The summed E-state index contributed by atoms with van der Waals surface area (Å²) in [4.78, 5) is 0. The molecule has 21 heavy (non-hydrogen) atoms. The van der Waals surface area contributed by atoms with E-state index in [-0.39, 0.29) is 10.8 Å². The van der Waals surface area contributed by atoms with E-state index in [1.54, 1.807) is 24.3 Å². The monoisotopic (exact) mass is 373 g/mol. The molecule has 0 saturated carbocycles. The van der Waals surface area contributed by atoms with Crippen LogP contribution in [0, 0.1) is 11.6 Å². The average Bonchev–Trinajstić information content (AvgIpc) is 2.45. The van der Waals surface area contributed by atoms with E-state index in [0.29, 0.717) is 22.1 Å². The lowest BCUT2D eigenvalue weighted by atomic mass is 9.98. The average molecular weight is 375 g/mol. The fourth-order valence-corrected chi connectivity index (χ4v) is 2.81. The van der Waals surface area contributed by atoms with E-state index in [0.717, 1.165) is 6.42 Å². The summed E-state index contributed by atoms with van der Waals surface area (Å²) in [6.07, 6.45) is 0.894. The highest BCUT2D eigenvalue weighted by Gasteiger charge is 2.21. The van der Waals surface area contributed by atoms with E-state index in [2.05, 4.69) is 21.2 Å². The van der Waals surface area contributed by atoms with Crippen LogP contribution in [0.25, 0.3) is 0 Å². The van der Waals surface area contributed by atoms with E-state index >= 15 is 0 Å². The van der Waals surface area contributed by atoms with Gasteiger partial charge in [-0.15, -0.1) is 0 Å². The van der Waals surface area contributed by atoms with Crippen LogP contribution >= 0.6 is 27.5 Å². The summed E-state index contributed by atoms with van der Waals surface area (Å²) in [7, 11) is 0. The Hall–Kier alpha value is -0.970. The zero-order valence-corrected chi connectivity index (χ0v) is 13.8. The molecule has 0 aromatic heterocycles. The number of halogens is 4. The van der Waals surface area contributed by atoms with E-state index in [1.807, 2.05) is 6.92 Å². The van der Waals surface area contributed by atoms with Gasteiger partial charge in [-0.3, -0.25) is 0 Å². The maximum Gasteiger partial charge on any atom is 0.142 e. The molecule has 0 saturated heterocycles. The lowest BCUT2D eigenvalue weighted by molar-refractivity contribution is 0.542. The topological polar surface area (TPSA) is 12.0 Å². The van der Waals surface area contributed by atoms with Crippen molar-refractivity contribution >= 4 is 27.5 Å². The first-order valence-electron chi connectivity index (χ1n) is 6.66. The number of hydrogen-bond donors (Lipinski definition) is 1. The summed E-state index contributed by atoms with van der Waals surface area (Å²) in [6, 6.07) is 8.85. The van der Waals surface area contributed by atoms with Crippen LogP contribution in [-0.4, -0.2) is 6.54 Å². The molecular weight excluding hydrogens is 360 g/mol. The maximum absolute atomic E-state index is 14.4. The summed E-state index contributed by atoms with van der Waals surface area (Å²) in [5.41, 5.74) is 1.13. The van der Waals surface area contributed by atoms with Crippen LogP contribution in [0.2, 0.25) is 5.02 Å². The van der Waals surface area contributed by atoms with Gasteiger partial charge in [-0.05, 0) is 52.7 Å². The molecular formula is C16H15BrClF2N. The lowest BCUT2D eigenvalue weighted by Gasteiger charge is -2.21. The van der Waals surface area contributed by atoms with Gasteiger partial charge in [-0.2, -0.15) is 0 Å². The molecule has 2 aromatic carbocycles. The number of nitrogens with one attached hydrogen (secondary N) is 1. The SMILES string of the molecule is CCCNC(c1ccc(F)cc1Cl)c1cccc(Br)c1F. The minimum atomic E-state index is -0.421. The molecule has 5 heteroatoms. The minimum absolute atomic E-state index is 0.281. The van der Waals surface area contributed by atoms with Crippen molar-refractivity contribution in [2.24, 2.45) is 0 Å². The molecule has 1 nitrogen and oxygen atoms in total. The van der Waals surface area contributed by atoms with Crippen LogP contribution in [-0.2, 0) is 0 Å². The molecule has 1 N–H and O–H groups in total. The minimum Gasteiger partial charge on any atom is -0.306 e. The number of rotatable bonds is 5. The van der Waals surface area contributed by atoms with Gasteiger partial charge < -0.3 is 5.32 Å². The van der Waals surface area contributed by atoms with Crippen LogP contribution < -0.4 is 5.32 Å². The van der Waals surface area contributed by atoms with Crippen LogP contribution in [0.5, 0.6) is 0 Å². The molecule has 1 unspecified atom stereocenters.